The van der Waals surface area contributed by atoms with Crippen LogP contribution in [-0.2, 0) is 4.79 Å². The predicted molar refractivity (Wildman–Crippen MR) is 84.8 cm³/mol. The first-order valence-electron chi connectivity index (χ1n) is 7.95. The Kier molecular flexibility index (Phi) is 4.78. The maximum Gasteiger partial charge on any atom is 0.263 e. The zero-order valence-corrected chi connectivity index (χ0v) is 13.4. The molecule has 1 atom stereocenters. The van der Waals surface area contributed by atoms with Crippen molar-refractivity contribution in [2.45, 2.75) is 31.7 Å². The largest absolute Gasteiger partial charge is 0.395 e. The molecule has 1 saturated carbocycles. The molecule has 0 bridgehead atoms. The fraction of sp³-hybridized carbons (Fsp3) is 0.625. The van der Waals surface area contributed by atoms with E-state index in [4.69, 9.17) is 5.11 Å². The Morgan fingerprint density at radius 2 is 2.18 bits per heavy atom. The first kappa shape index (κ1) is 15.5. The number of aliphatic hydroxyl groups is 1. The zero-order valence-electron chi connectivity index (χ0n) is 12.6. The molecule has 1 N–H and O–H groups in total. The summed E-state index contributed by atoms with van der Waals surface area (Å²) in [7, 11) is 0. The first-order valence-corrected chi connectivity index (χ1v) is 8.83. The van der Waals surface area contributed by atoms with Gasteiger partial charge in [0, 0.05) is 25.7 Å². The molecule has 0 radical (unpaired) electrons. The highest BCUT2D eigenvalue weighted by molar-refractivity contribution is 7.12. The number of aliphatic hydroxyl groups excluding tert-OH is 1. The van der Waals surface area contributed by atoms with Gasteiger partial charge in [0.05, 0.1) is 17.4 Å². The topological polar surface area (TPSA) is 60.9 Å². The molecule has 0 aromatic carbocycles. The van der Waals surface area contributed by atoms with Crippen LogP contribution in [0.1, 0.15) is 35.4 Å². The number of carbonyl (C=O) groups excluding carboxylic acids is 2. The normalized spacial score (nSPS) is 21.7. The molecule has 1 saturated heterocycles. The van der Waals surface area contributed by atoms with Gasteiger partial charge in [0.15, 0.2) is 0 Å². The molecule has 2 fully saturated rings. The minimum Gasteiger partial charge on any atom is -0.395 e. The van der Waals surface area contributed by atoms with E-state index in [9.17, 15) is 9.59 Å². The summed E-state index contributed by atoms with van der Waals surface area (Å²) in [6, 6.07) is 4.02. The molecular formula is C16H22N2O3S. The Labute approximate surface area is 134 Å². The Morgan fingerprint density at radius 3 is 2.82 bits per heavy atom. The van der Waals surface area contributed by atoms with Gasteiger partial charge in [-0.05, 0) is 37.1 Å². The molecule has 120 valence electrons. The number of amides is 2. The average Bonchev–Trinajstić information content (AvgIpc) is 3.24. The lowest BCUT2D eigenvalue weighted by molar-refractivity contribution is -0.138. The van der Waals surface area contributed by atoms with Gasteiger partial charge in [-0.1, -0.05) is 6.07 Å². The molecule has 1 aromatic rings. The van der Waals surface area contributed by atoms with E-state index in [2.05, 4.69) is 0 Å². The van der Waals surface area contributed by atoms with Crippen LogP contribution in [0.15, 0.2) is 17.5 Å². The van der Waals surface area contributed by atoms with E-state index < -0.39 is 0 Å². The number of rotatable bonds is 5. The summed E-state index contributed by atoms with van der Waals surface area (Å²) in [5, 5.41) is 11.1. The molecule has 1 aromatic heterocycles. The van der Waals surface area contributed by atoms with Gasteiger partial charge < -0.3 is 14.9 Å². The second kappa shape index (κ2) is 6.79. The minimum absolute atomic E-state index is 0.00675. The lowest BCUT2D eigenvalue weighted by atomic mass is 9.96. The quantitative estimate of drug-likeness (QED) is 0.895. The third kappa shape index (κ3) is 3.33. The van der Waals surface area contributed by atoms with Gasteiger partial charge >= 0.3 is 0 Å². The van der Waals surface area contributed by atoms with Gasteiger partial charge in [-0.3, -0.25) is 9.59 Å². The lowest BCUT2D eigenvalue weighted by Crippen LogP contribution is -2.47. The lowest BCUT2D eigenvalue weighted by Gasteiger charge is -2.34. The molecule has 2 aliphatic rings. The van der Waals surface area contributed by atoms with Crippen molar-refractivity contribution in [3.8, 4) is 0 Å². The van der Waals surface area contributed by atoms with Gasteiger partial charge in [-0.2, -0.15) is 0 Å². The van der Waals surface area contributed by atoms with Crippen molar-refractivity contribution in [3.63, 3.8) is 0 Å². The minimum atomic E-state index is -0.121. The molecule has 0 spiro atoms. The van der Waals surface area contributed by atoms with Crippen LogP contribution in [-0.4, -0.2) is 59.0 Å². The van der Waals surface area contributed by atoms with E-state index >= 15 is 0 Å². The number of piperidine rings is 1. The monoisotopic (exact) mass is 322 g/mol. The van der Waals surface area contributed by atoms with Crippen molar-refractivity contribution in [2.24, 2.45) is 5.92 Å². The number of hydrogen-bond acceptors (Lipinski definition) is 4. The third-order valence-corrected chi connectivity index (χ3v) is 5.26. The summed E-state index contributed by atoms with van der Waals surface area (Å²) in [6.45, 7) is 1.65. The molecule has 3 rings (SSSR count). The molecule has 5 nitrogen and oxygen atoms in total. The Morgan fingerprint density at radius 1 is 1.36 bits per heavy atom. The molecule has 1 aliphatic carbocycles. The van der Waals surface area contributed by atoms with Crippen molar-refractivity contribution in [2.75, 3.05) is 26.2 Å². The number of likely N-dealkylation sites (tertiary alicyclic amines) is 1. The second-order valence-electron chi connectivity index (χ2n) is 6.05. The van der Waals surface area contributed by atoms with Crippen molar-refractivity contribution >= 4 is 23.2 Å². The Hall–Kier alpha value is -1.40. The summed E-state index contributed by atoms with van der Waals surface area (Å²) < 4.78 is 0. The summed E-state index contributed by atoms with van der Waals surface area (Å²) in [5.74, 6) is 0.0256. The van der Waals surface area contributed by atoms with Gasteiger partial charge in [0.1, 0.15) is 0 Å². The second-order valence-corrected chi connectivity index (χ2v) is 7.00. The third-order valence-electron chi connectivity index (χ3n) is 4.40. The van der Waals surface area contributed by atoms with Crippen LogP contribution in [0.5, 0.6) is 0 Å². The van der Waals surface area contributed by atoms with E-state index in [0.29, 0.717) is 19.1 Å². The van der Waals surface area contributed by atoms with Crippen LogP contribution in [0.3, 0.4) is 0 Å². The maximum atomic E-state index is 12.7. The van der Waals surface area contributed by atoms with E-state index in [-0.39, 0.29) is 24.3 Å². The highest BCUT2D eigenvalue weighted by atomic mass is 32.1. The molecule has 6 heteroatoms. The molecule has 2 heterocycles. The van der Waals surface area contributed by atoms with Gasteiger partial charge in [0.2, 0.25) is 5.91 Å². The zero-order chi connectivity index (χ0) is 15.5. The van der Waals surface area contributed by atoms with E-state index in [1.165, 1.54) is 11.3 Å². The van der Waals surface area contributed by atoms with Gasteiger partial charge in [-0.25, -0.2) is 0 Å². The summed E-state index contributed by atoms with van der Waals surface area (Å²) in [4.78, 5) is 29.5. The van der Waals surface area contributed by atoms with Crippen LogP contribution in [0.2, 0.25) is 0 Å². The van der Waals surface area contributed by atoms with E-state index in [1.54, 1.807) is 0 Å². The number of carbonyl (C=O) groups is 2. The standard InChI is InChI=1S/C16H22N2O3S/c19-9-8-18(13-5-6-13)15(20)12-3-1-7-17(11-12)16(21)14-4-2-10-22-14/h2,4,10,12-13,19H,1,3,5-9,11H2. The fourth-order valence-corrected chi connectivity index (χ4v) is 3.81. The van der Waals surface area contributed by atoms with Crippen LogP contribution in [0.4, 0.5) is 0 Å². The van der Waals surface area contributed by atoms with Crippen molar-refractivity contribution in [1.82, 2.24) is 9.80 Å². The van der Waals surface area contributed by atoms with Crippen molar-refractivity contribution < 1.29 is 14.7 Å². The van der Waals surface area contributed by atoms with Crippen LogP contribution in [0.25, 0.3) is 0 Å². The number of nitrogens with zero attached hydrogens (tertiary/aromatic N) is 2. The van der Waals surface area contributed by atoms with Gasteiger partial charge in [0.25, 0.3) is 5.91 Å². The molecular weight excluding hydrogens is 300 g/mol. The maximum absolute atomic E-state index is 12.7. The number of thiophene rings is 1. The van der Waals surface area contributed by atoms with Crippen LogP contribution in [0, 0.1) is 5.92 Å². The molecule has 22 heavy (non-hydrogen) atoms. The molecule has 2 amide bonds. The van der Waals surface area contributed by atoms with Gasteiger partial charge in [-0.15, -0.1) is 11.3 Å². The van der Waals surface area contributed by atoms with Crippen molar-refractivity contribution in [3.05, 3.63) is 22.4 Å². The number of hydrogen-bond donors (Lipinski definition) is 1. The van der Waals surface area contributed by atoms with Crippen LogP contribution >= 0.6 is 11.3 Å². The fourth-order valence-electron chi connectivity index (χ4n) is 3.12. The highest BCUT2D eigenvalue weighted by Crippen LogP contribution is 2.30. The van der Waals surface area contributed by atoms with E-state index in [0.717, 1.165) is 37.1 Å². The smallest absolute Gasteiger partial charge is 0.263 e. The summed E-state index contributed by atoms with van der Waals surface area (Å²) in [6.07, 6.45) is 3.78. The Bertz CT molecular complexity index is 528. The molecule has 1 unspecified atom stereocenters. The SMILES string of the molecule is O=C(c1cccs1)N1CCCC(C(=O)N(CCO)C2CC2)C1. The predicted octanol–water partition coefficient (Wildman–Crippen LogP) is 1.58. The van der Waals surface area contributed by atoms with Crippen molar-refractivity contribution in [1.29, 1.82) is 0 Å². The highest BCUT2D eigenvalue weighted by Gasteiger charge is 2.37. The van der Waals surface area contributed by atoms with Crippen LogP contribution < -0.4 is 0 Å². The average molecular weight is 322 g/mol. The molecule has 1 aliphatic heterocycles. The Balaban J connectivity index is 1.64. The van der Waals surface area contributed by atoms with E-state index in [1.807, 2.05) is 27.3 Å². The first-order chi connectivity index (χ1) is 10.7. The summed E-state index contributed by atoms with van der Waals surface area (Å²) >= 11 is 1.44. The summed E-state index contributed by atoms with van der Waals surface area (Å²) in [5.41, 5.74) is 0.